The van der Waals surface area contributed by atoms with E-state index in [1.165, 1.54) is 0 Å². The van der Waals surface area contributed by atoms with Crippen molar-refractivity contribution in [1.29, 1.82) is 0 Å². The number of carbonyl (C=O) groups is 4. The second-order valence-corrected chi connectivity index (χ2v) is 20.5. The minimum absolute atomic E-state index is 0.0119. The van der Waals surface area contributed by atoms with Gasteiger partial charge >= 0.3 is 17.9 Å². The number of allylic oxidation sites excluding steroid dienone is 2. The molecule has 17 nitrogen and oxygen atoms in total. The number of carboxylic acids is 3. The molecule has 0 aromatic carbocycles. The summed E-state index contributed by atoms with van der Waals surface area (Å²) in [4.78, 5) is 51.4. The highest BCUT2D eigenvalue weighted by Gasteiger charge is 2.71. The van der Waals surface area contributed by atoms with Crippen LogP contribution in [0, 0.1) is 50.2 Å². The third-order valence-corrected chi connectivity index (χ3v) is 17.4. The van der Waals surface area contributed by atoms with Gasteiger partial charge in [0.2, 0.25) is 0 Å². The Morgan fingerprint density at radius 2 is 1.32 bits per heavy atom. The highest BCUT2D eigenvalue weighted by molar-refractivity contribution is 5.95. The lowest BCUT2D eigenvalue weighted by atomic mass is 9.33. The zero-order valence-electron chi connectivity index (χ0n) is 34.5. The van der Waals surface area contributed by atoms with Gasteiger partial charge in [0.15, 0.2) is 30.6 Å². The highest BCUT2D eigenvalue weighted by atomic mass is 16.8. The van der Waals surface area contributed by atoms with Crippen LogP contribution >= 0.6 is 0 Å². The van der Waals surface area contributed by atoms with Crippen molar-refractivity contribution >= 4 is 23.7 Å². The molecule has 7 aliphatic rings. The lowest BCUT2D eigenvalue weighted by Crippen LogP contribution is -2.69. The molecule has 2 saturated heterocycles. The lowest BCUT2D eigenvalue weighted by molar-refractivity contribution is -0.372. The Morgan fingerprint density at radius 3 is 1.92 bits per heavy atom. The topological polar surface area (TPSA) is 287 Å². The van der Waals surface area contributed by atoms with Crippen LogP contribution in [0.1, 0.15) is 99.3 Å². The summed E-state index contributed by atoms with van der Waals surface area (Å²) in [7, 11) is 0. The normalized spacial score (nSPS) is 53.5. The molecule has 332 valence electrons. The number of hydrogen-bond acceptors (Lipinski definition) is 14. The summed E-state index contributed by atoms with van der Waals surface area (Å²) in [5, 5.41) is 94.3. The molecule has 6 fully saturated rings. The maximum Gasteiger partial charge on any atom is 0.335 e. The van der Waals surface area contributed by atoms with Crippen LogP contribution in [0.4, 0.5) is 0 Å². The quantitative estimate of drug-likeness (QED) is 0.155. The summed E-state index contributed by atoms with van der Waals surface area (Å²) in [5.41, 5.74) is -2.63. The number of ketones is 1. The van der Waals surface area contributed by atoms with E-state index in [9.17, 15) is 65.1 Å². The first kappa shape index (κ1) is 44.5. The number of carbonyl (C=O) groups excluding carboxylic acids is 1. The fraction of sp³-hybridized carbons (Fsp3) is 0.857. The van der Waals surface area contributed by atoms with Gasteiger partial charge in [0.05, 0.1) is 18.1 Å². The maximum absolute atomic E-state index is 14.9. The Morgan fingerprint density at radius 1 is 0.729 bits per heavy atom. The third kappa shape index (κ3) is 6.46. The van der Waals surface area contributed by atoms with E-state index in [2.05, 4.69) is 27.7 Å². The molecule has 0 aromatic rings. The molecular formula is C42H62O17. The summed E-state index contributed by atoms with van der Waals surface area (Å²) in [6, 6.07) is 0. The summed E-state index contributed by atoms with van der Waals surface area (Å²) in [5.74, 6) is -5.02. The van der Waals surface area contributed by atoms with Crippen molar-refractivity contribution in [2.24, 2.45) is 50.2 Å². The zero-order chi connectivity index (χ0) is 43.6. The summed E-state index contributed by atoms with van der Waals surface area (Å²) in [6.07, 6.45) is -13.8. The van der Waals surface area contributed by atoms with E-state index in [0.717, 1.165) is 24.8 Å². The molecule has 17 heteroatoms. The average molecular weight is 839 g/mol. The first-order chi connectivity index (χ1) is 27.3. The van der Waals surface area contributed by atoms with Crippen LogP contribution in [0.15, 0.2) is 11.6 Å². The molecule has 9 N–H and O–H groups in total. The van der Waals surface area contributed by atoms with Gasteiger partial charge in [-0.25, -0.2) is 9.59 Å². The molecular weight excluding hydrogens is 776 g/mol. The number of carboxylic acid groups (broad SMARTS) is 3. The van der Waals surface area contributed by atoms with Gasteiger partial charge in [-0.1, -0.05) is 40.2 Å². The van der Waals surface area contributed by atoms with Crippen LogP contribution in [0.25, 0.3) is 0 Å². The van der Waals surface area contributed by atoms with Crippen LogP contribution in [0.3, 0.4) is 0 Å². The van der Waals surface area contributed by atoms with Crippen LogP contribution in [0.2, 0.25) is 0 Å². The molecule has 20 atom stereocenters. The number of aliphatic hydroxyl groups is 6. The molecule has 7 rings (SSSR count). The van der Waals surface area contributed by atoms with Gasteiger partial charge in [0, 0.05) is 11.3 Å². The van der Waals surface area contributed by atoms with E-state index < -0.39 is 125 Å². The molecule has 0 bridgehead atoms. The van der Waals surface area contributed by atoms with Gasteiger partial charge in [0.25, 0.3) is 0 Å². The van der Waals surface area contributed by atoms with E-state index >= 15 is 0 Å². The van der Waals surface area contributed by atoms with Crippen molar-refractivity contribution in [3.63, 3.8) is 0 Å². The maximum atomic E-state index is 14.9. The summed E-state index contributed by atoms with van der Waals surface area (Å²) in [6.45, 7) is 12.0. The minimum Gasteiger partial charge on any atom is -0.481 e. The van der Waals surface area contributed by atoms with Gasteiger partial charge < -0.3 is 64.9 Å². The summed E-state index contributed by atoms with van der Waals surface area (Å²) < 4.78 is 23.2. The Bertz CT molecular complexity index is 1750. The van der Waals surface area contributed by atoms with Crippen LogP contribution in [-0.4, -0.2) is 144 Å². The minimum atomic E-state index is -2.10. The first-order valence-electron chi connectivity index (χ1n) is 20.9. The standard InChI is InChI=1S/C42H62O17/c1-37-11-12-38(2,36(54)55)16-19(37)18-15-20(44)31-39(3)9-8-22(40(4,17-43)21(39)7-10-42(31,6)41(18,5)14-13-37)56-35-30(26(48)25(47)29(58-35)33(52)53)59-34-27(49)23(45)24(46)28(57-34)32(50)51/h15,19,21-31,34-35,43,45-49H,7-14,16-17H2,1-6H3,(H,50,51)(H,52,53)(H,54,55)/t19-,21-,22+,23+,24+,25+,26+,27-,28+,29+,30-,31+,34+,35+,37-,38+,39+,40-,41-,42-/m1/s1. The van der Waals surface area contributed by atoms with E-state index in [1.807, 2.05) is 19.9 Å². The molecule has 0 unspecified atom stereocenters. The van der Waals surface area contributed by atoms with Crippen molar-refractivity contribution in [2.45, 2.75) is 167 Å². The van der Waals surface area contributed by atoms with Crippen LogP contribution < -0.4 is 0 Å². The molecule has 2 aliphatic heterocycles. The Labute approximate surface area is 342 Å². The van der Waals surface area contributed by atoms with Crippen molar-refractivity contribution in [3.05, 3.63) is 11.6 Å². The Balaban J connectivity index is 1.19. The SMILES string of the molecule is C[C@]1(C(=O)O)CC[C@]2(C)CC[C@]3(C)C(=CC(=O)[C@H]4[C@@]5(C)CC[C@H](O[C@H]6O[C@H](C(=O)O)[C@@H](O)[C@H](O)[C@H]6O[C@@H]6O[C@H](C(=O)O)[C@@H](O)[C@H](O)[C@H]6O)[C@](C)(CO)[C@@H]5CC[C@]43C)[C@H]2C1. The number of hydrogen-bond donors (Lipinski definition) is 9. The molecule has 59 heavy (non-hydrogen) atoms. The molecule has 2 heterocycles. The smallest absolute Gasteiger partial charge is 0.335 e. The van der Waals surface area contributed by atoms with E-state index in [0.29, 0.717) is 32.1 Å². The second kappa shape index (κ2) is 14.8. The number of ether oxygens (including phenoxy) is 4. The number of rotatable bonds is 8. The fourth-order valence-electron chi connectivity index (χ4n) is 13.4. The van der Waals surface area contributed by atoms with Gasteiger partial charge in [-0.3, -0.25) is 9.59 Å². The molecule has 0 radical (unpaired) electrons. The van der Waals surface area contributed by atoms with Crippen molar-refractivity contribution in [2.75, 3.05) is 6.61 Å². The predicted octanol–water partition coefficient (Wildman–Crippen LogP) is 1.22. The second-order valence-electron chi connectivity index (χ2n) is 20.5. The third-order valence-electron chi connectivity index (χ3n) is 17.4. The molecule has 5 aliphatic carbocycles. The van der Waals surface area contributed by atoms with Gasteiger partial charge in [-0.2, -0.15) is 0 Å². The average Bonchev–Trinajstić information content (AvgIpc) is 3.16. The van der Waals surface area contributed by atoms with Gasteiger partial charge in [0.1, 0.15) is 36.6 Å². The molecule has 4 saturated carbocycles. The highest BCUT2D eigenvalue weighted by Crippen LogP contribution is 2.75. The van der Waals surface area contributed by atoms with E-state index in [4.69, 9.17) is 18.9 Å². The first-order valence-corrected chi connectivity index (χ1v) is 20.9. The van der Waals surface area contributed by atoms with Crippen molar-refractivity contribution in [1.82, 2.24) is 0 Å². The molecule has 0 spiro atoms. The van der Waals surface area contributed by atoms with Gasteiger partial charge in [-0.15, -0.1) is 0 Å². The van der Waals surface area contributed by atoms with Crippen LogP contribution in [0.5, 0.6) is 0 Å². The number of fused-ring (bicyclic) bond motifs is 7. The number of aliphatic carboxylic acids is 3. The molecule has 0 amide bonds. The predicted molar refractivity (Wildman–Crippen MR) is 201 cm³/mol. The fourth-order valence-corrected chi connectivity index (χ4v) is 13.4. The van der Waals surface area contributed by atoms with Gasteiger partial charge in [-0.05, 0) is 104 Å². The largest absolute Gasteiger partial charge is 0.481 e. The van der Waals surface area contributed by atoms with Crippen molar-refractivity contribution < 1.29 is 84.1 Å². The van der Waals surface area contributed by atoms with Crippen molar-refractivity contribution in [3.8, 4) is 0 Å². The van der Waals surface area contributed by atoms with Crippen LogP contribution in [-0.2, 0) is 38.1 Å². The van der Waals surface area contributed by atoms with E-state index in [-0.39, 0.29) is 29.5 Å². The monoisotopic (exact) mass is 838 g/mol. The summed E-state index contributed by atoms with van der Waals surface area (Å²) >= 11 is 0. The molecule has 0 aromatic heterocycles. The Kier molecular flexibility index (Phi) is 11.1. The van der Waals surface area contributed by atoms with E-state index in [1.54, 1.807) is 0 Å². The lowest BCUT2D eigenvalue weighted by Gasteiger charge is -2.70. The number of aliphatic hydroxyl groups excluding tert-OH is 6. The zero-order valence-corrected chi connectivity index (χ0v) is 34.5. The Hall–Kier alpha value is -2.58.